The Kier molecular flexibility index (Phi) is 5.36. The Labute approximate surface area is 104 Å². The molecular weight excluding hydrogens is 306 g/mol. The summed E-state index contributed by atoms with van der Waals surface area (Å²) in [5.41, 5.74) is 0.953. The average Bonchev–Trinajstić information content (AvgIpc) is 2.20. The highest BCUT2D eigenvalue weighted by Crippen LogP contribution is 2.23. The maximum absolute atomic E-state index is 13.4. The quantitative estimate of drug-likeness (QED) is 0.580. The van der Waals surface area contributed by atoms with E-state index in [9.17, 15) is 4.39 Å². The number of rotatable bonds is 5. The molecule has 0 heterocycles. The van der Waals surface area contributed by atoms with Gasteiger partial charge in [-0.3, -0.25) is 0 Å². The molecule has 0 aliphatic rings. The summed E-state index contributed by atoms with van der Waals surface area (Å²) in [6.07, 6.45) is 3.27. The molecule has 0 aromatic heterocycles. The summed E-state index contributed by atoms with van der Waals surface area (Å²) >= 11 is 2.19. The first-order valence-electron chi connectivity index (χ1n) is 5.23. The van der Waals surface area contributed by atoms with Gasteiger partial charge in [0.25, 0.3) is 0 Å². The lowest BCUT2D eigenvalue weighted by atomic mass is 10.2. The van der Waals surface area contributed by atoms with Gasteiger partial charge in [0.2, 0.25) is 0 Å². The van der Waals surface area contributed by atoms with Gasteiger partial charge in [0.15, 0.2) is 11.6 Å². The van der Waals surface area contributed by atoms with Crippen molar-refractivity contribution in [1.82, 2.24) is 0 Å². The molecule has 1 rings (SSSR count). The fourth-order valence-electron chi connectivity index (χ4n) is 1.27. The number of ether oxygens (including phenoxy) is 1. The van der Waals surface area contributed by atoms with E-state index < -0.39 is 0 Å². The molecular formula is C12H16FIO. The largest absolute Gasteiger partial charge is 0.490 e. The lowest BCUT2D eigenvalue weighted by Gasteiger charge is -2.08. The third-order valence-electron chi connectivity index (χ3n) is 2.22. The number of halogens is 2. The van der Waals surface area contributed by atoms with Crippen molar-refractivity contribution in [1.29, 1.82) is 0 Å². The molecule has 1 nitrogen and oxygen atoms in total. The van der Waals surface area contributed by atoms with Crippen molar-refractivity contribution in [3.8, 4) is 5.75 Å². The zero-order valence-electron chi connectivity index (χ0n) is 9.15. The highest BCUT2D eigenvalue weighted by atomic mass is 127. The van der Waals surface area contributed by atoms with Crippen LogP contribution in [0.4, 0.5) is 4.39 Å². The normalized spacial score (nSPS) is 10.4. The number of hydrogen-bond acceptors (Lipinski definition) is 1. The van der Waals surface area contributed by atoms with Gasteiger partial charge in [-0.05, 0) is 53.6 Å². The fraction of sp³-hybridized carbons (Fsp3) is 0.500. The molecule has 0 saturated heterocycles. The second kappa shape index (κ2) is 6.30. The van der Waals surface area contributed by atoms with Crippen LogP contribution in [0.3, 0.4) is 0 Å². The van der Waals surface area contributed by atoms with Crippen LogP contribution in [-0.4, -0.2) is 6.61 Å². The summed E-state index contributed by atoms with van der Waals surface area (Å²) in [6, 6.07) is 3.29. The predicted octanol–water partition coefficient (Wildman–Crippen LogP) is 4.31. The van der Waals surface area contributed by atoms with Gasteiger partial charge in [-0.1, -0.05) is 19.8 Å². The molecule has 0 N–H and O–H groups in total. The van der Waals surface area contributed by atoms with Crippen molar-refractivity contribution in [3.05, 3.63) is 27.1 Å². The zero-order valence-corrected chi connectivity index (χ0v) is 11.3. The summed E-state index contributed by atoms with van der Waals surface area (Å²) in [7, 11) is 0. The van der Waals surface area contributed by atoms with Gasteiger partial charge in [-0.15, -0.1) is 0 Å². The number of aryl methyl sites for hydroxylation is 1. The van der Waals surface area contributed by atoms with E-state index in [1.807, 2.05) is 6.92 Å². The van der Waals surface area contributed by atoms with E-state index in [1.165, 1.54) is 6.07 Å². The van der Waals surface area contributed by atoms with Crippen molar-refractivity contribution in [2.24, 2.45) is 0 Å². The van der Waals surface area contributed by atoms with Gasteiger partial charge in [-0.25, -0.2) is 4.39 Å². The monoisotopic (exact) mass is 322 g/mol. The van der Waals surface area contributed by atoms with Crippen molar-refractivity contribution < 1.29 is 9.13 Å². The Bertz CT molecular complexity index is 326. The molecule has 1 aromatic carbocycles. The van der Waals surface area contributed by atoms with E-state index in [0.717, 1.165) is 28.4 Å². The molecule has 0 spiro atoms. The number of hydrogen-bond donors (Lipinski definition) is 0. The first-order chi connectivity index (χ1) is 7.15. The van der Waals surface area contributed by atoms with E-state index in [4.69, 9.17) is 4.74 Å². The third-order valence-corrected chi connectivity index (χ3v) is 3.38. The van der Waals surface area contributed by atoms with Crippen LogP contribution >= 0.6 is 22.6 Å². The molecule has 84 valence electrons. The third kappa shape index (κ3) is 3.97. The van der Waals surface area contributed by atoms with Gasteiger partial charge < -0.3 is 4.74 Å². The second-order valence-corrected chi connectivity index (χ2v) is 4.75. The van der Waals surface area contributed by atoms with Gasteiger partial charge >= 0.3 is 0 Å². The molecule has 0 atom stereocenters. The van der Waals surface area contributed by atoms with Gasteiger partial charge in [0.05, 0.1) is 6.61 Å². The summed E-state index contributed by atoms with van der Waals surface area (Å²) < 4.78 is 19.8. The van der Waals surface area contributed by atoms with E-state index >= 15 is 0 Å². The molecule has 0 aliphatic carbocycles. The minimum Gasteiger partial charge on any atom is -0.490 e. The number of benzene rings is 1. The maximum atomic E-state index is 13.4. The van der Waals surface area contributed by atoms with Crippen molar-refractivity contribution in [2.45, 2.75) is 33.1 Å². The Morgan fingerprint density at radius 3 is 2.73 bits per heavy atom. The smallest absolute Gasteiger partial charge is 0.165 e. The van der Waals surface area contributed by atoms with Crippen LogP contribution in [0.5, 0.6) is 5.75 Å². The SMILES string of the molecule is CCCCCOc1cc(I)c(C)cc1F. The fourth-order valence-corrected chi connectivity index (χ4v) is 1.71. The summed E-state index contributed by atoms with van der Waals surface area (Å²) in [5.74, 6) is 0.116. The van der Waals surface area contributed by atoms with Crippen molar-refractivity contribution in [2.75, 3.05) is 6.61 Å². The molecule has 0 saturated carbocycles. The predicted molar refractivity (Wildman–Crippen MR) is 68.9 cm³/mol. The molecule has 1 aromatic rings. The summed E-state index contributed by atoms with van der Waals surface area (Å²) in [5, 5.41) is 0. The molecule has 3 heteroatoms. The Balaban J connectivity index is 2.57. The number of unbranched alkanes of at least 4 members (excludes halogenated alkanes) is 2. The molecule has 0 fully saturated rings. The van der Waals surface area contributed by atoms with E-state index in [1.54, 1.807) is 6.07 Å². The highest BCUT2D eigenvalue weighted by Gasteiger charge is 2.06. The van der Waals surface area contributed by atoms with Gasteiger partial charge in [-0.2, -0.15) is 0 Å². The highest BCUT2D eigenvalue weighted by molar-refractivity contribution is 14.1. The molecule has 0 aliphatic heterocycles. The topological polar surface area (TPSA) is 9.23 Å². The molecule has 0 amide bonds. The van der Waals surface area contributed by atoms with Crippen LogP contribution in [0.2, 0.25) is 0 Å². The first kappa shape index (κ1) is 12.7. The minimum absolute atomic E-state index is 0.260. The van der Waals surface area contributed by atoms with Crippen molar-refractivity contribution >= 4 is 22.6 Å². The van der Waals surface area contributed by atoms with Crippen LogP contribution < -0.4 is 4.74 Å². The van der Waals surface area contributed by atoms with Crippen LogP contribution in [0, 0.1) is 16.3 Å². The Morgan fingerprint density at radius 2 is 2.07 bits per heavy atom. The maximum Gasteiger partial charge on any atom is 0.165 e. The lowest BCUT2D eigenvalue weighted by Crippen LogP contribution is -2.00. The second-order valence-electron chi connectivity index (χ2n) is 3.59. The Hall–Kier alpha value is -0.320. The minimum atomic E-state index is -0.260. The van der Waals surface area contributed by atoms with Crippen LogP contribution in [0.15, 0.2) is 12.1 Å². The summed E-state index contributed by atoms with van der Waals surface area (Å²) in [4.78, 5) is 0. The van der Waals surface area contributed by atoms with E-state index in [2.05, 4.69) is 29.5 Å². The average molecular weight is 322 g/mol. The Morgan fingerprint density at radius 1 is 1.33 bits per heavy atom. The van der Waals surface area contributed by atoms with E-state index in [0.29, 0.717) is 12.4 Å². The molecule has 0 unspecified atom stereocenters. The molecule has 15 heavy (non-hydrogen) atoms. The zero-order chi connectivity index (χ0) is 11.3. The van der Waals surface area contributed by atoms with Crippen LogP contribution in [0.25, 0.3) is 0 Å². The summed E-state index contributed by atoms with van der Waals surface area (Å²) in [6.45, 7) is 4.63. The lowest BCUT2D eigenvalue weighted by molar-refractivity contribution is 0.291. The van der Waals surface area contributed by atoms with Crippen LogP contribution in [0.1, 0.15) is 31.7 Å². The molecule has 0 bridgehead atoms. The van der Waals surface area contributed by atoms with E-state index in [-0.39, 0.29) is 5.82 Å². The molecule has 0 radical (unpaired) electrons. The van der Waals surface area contributed by atoms with Gasteiger partial charge in [0.1, 0.15) is 0 Å². The standard InChI is InChI=1S/C12H16FIO/c1-3-4-5-6-15-12-8-11(14)9(2)7-10(12)13/h7-8H,3-6H2,1-2H3. The van der Waals surface area contributed by atoms with Crippen molar-refractivity contribution in [3.63, 3.8) is 0 Å². The first-order valence-corrected chi connectivity index (χ1v) is 6.31. The van der Waals surface area contributed by atoms with Crippen LogP contribution in [-0.2, 0) is 0 Å². The van der Waals surface area contributed by atoms with Gasteiger partial charge in [0, 0.05) is 3.57 Å².